The van der Waals surface area contributed by atoms with Crippen LogP contribution in [0.5, 0.6) is 0 Å². The van der Waals surface area contributed by atoms with Crippen molar-refractivity contribution in [2.75, 3.05) is 0 Å². The summed E-state index contributed by atoms with van der Waals surface area (Å²) in [6.07, 6.45) is 0.838. The van der Waals surface area contributed by atoms with E-state index >= 15 is 0 Å². The number of amides is 2. The van der Waals surface area contributed by atoms with Crippen molar-refractivity contribution in [3.63, 3.8) is 0 Å². The van der Waals surface area contributed by atoms with Gasteiger partial charge in [0.2, 0.25) is 5.91 Å². The van der Waals surface area contributed by atoms with Crippen molar-refractivity contribution in [2.45, 2.75) is 12.3 Å². The number of thiophene rings is 1. The van der Waals surface area contributed by atoms with Gasteiger partial charge >= 0.3 is 0 Å². The Morgan fingerprint density at radius 3 is 2.55 bits per heavy atom. The van der Waals surface area contributed by atoms with Gasteiger partial charge in [0.25, 0.3) is 5.91 Å². The van der Waals surface area contributed by atoms with Crippen molar-refractivity contribution in [3.05, 3.63) is 58.3 Å². The zero-order valence-electron chi connectivity index (χ0n) is 10.7. The highest BCUT2D eigenvalue weighted by molar-refractivity contribution is 7.12. The van der Waals surface area contributed by atoms with Gasteiger partial charge in [0, 0.05) is 5.92 Å². The molecule has 1 saturated carbocycles. The van der Waals surface area contributed by atoms with E-state index in [1.54, 1.807) is 12.1 Å². The SMILES string of the molecule is O=C(NNC(=O)[C@H]1C[C@@H]1c1ccccc1)c1cccs1. The van der Waals surface area contributed by atoms with Gasteiger partial charge in [-0.05, 0) is 29.3 Å². The van der Waals surface area contributed by atoms with Crippen LogP contribution in [0.15, 0.2) is 47.8 Å². The molecule has 2 N–H and O–H groups in total. The highest BCUT2D eigenvalue weighted by Crippen LogP contribution is 2.47. The van der Waals surface area contributed by atoms with Gasteiger partial charge in [-0.15, -0.1) is 11.3 Å². The highest BCUT2D eigenvalue weighted by atomic mass is 32.1. The fourth-order valence-corrected chi connectivity index (χ4v) is 2.85. The Hall–Kier alpha value is -2.14. The van der Waals surface area contributed by atoms with Gasteiger partial charge in [-0.2, -0.15) is 0 Å². The molecule has 0 unspecified atom stereocenters. The predicted octanol–water partition coefficient (Wildman–Crippen LogP) is 2.31. The maximum atomic E-state index is 11.9. The highest BCUT2D eigenvalue weighted by Gasteiger charge is 2.43. The van der Waals surface area contributed by atoms with Crippen LogP contribution in [0.1, 0.15) is 27.6 Å². The number of benzene rings is 1. The summed E-state index contributed by atoms with van der Waals surface area (Å²) >= 11 is 1.34. The summed E-state index contributed by atoms with van der Waals surface area (Å²) < 4.78 is 0. The monoisotopic (exact) mass is 286 g/mol. The van der Waals surface area contributed by atoms with Crippen LogP contribution in [0.3, 0.4) is 0 Å². The summed E-state index contributed by atoms with van der Waals surface area (Å²) in [7, 11) is 0. The molecule has 0 radical (unpaired) electrons. The lowest BCUT2D eigenvalue weighted by atomic mass is 10.1. The van der Waals surface area contributed by atoms with Gasteiger partial charge in [0.15, 0.2) is 0 Å². The molecule has 20 heavy (non-hydrogen) atoms. The molecule has 1 heterocycles. The first-order valence-corrected chi connectivity index (χ1v) is 7.32. The molecular formula is C15H14N2O2S. The molecule has 0 saturated heterocycles. The van der Waals surface area contributed by atoms with Crippen molar-refractivity contribution in [2.24, 2.45) is 5.92 Å². The second-order valence-electron chi connectivity index (χ2n) is 4.78. The molecule has 3 rings (SSSR count). The zero-order valence-corrected chi connectivity index (χ0v) is 11.5. The Balaban J connectivity index is 1.51. The van der Waals surface area contributed by atoms with E-state index in [1.165, 1.54) is 16.9 Å². The molecule has 2 amide bonds. The van der Waals surface area contributed by atoms with Crippen molar-refractivity contribution in [1.82, 2.24) is 10.9 Å². The lowest BCUT2D eigenvalue weighted by Gasteiger charge is -2.06. The van der Waals surface area contributed by atoms with Crippen LogP contribution in [0.2, 0.25) is 0 Å². The van der Waals surface area contributed by atoms with Crippen LogP contribution < -0.4 is 10.9 Å². The van der Waals surface area contributed by atoms with E-state index in [1.807, 2.05) is 35.7 Å². The molecule has 0 aliphatic heterocycles. The van der Waals surface area contributed by atoms with E-state index in [4.69, 9.17) is 0 Å². The molecule has 1 aliphatic carbocycles. The first-order valence-electron chi connectivity index (χ1n) is 6.44. The smallest absolute Gasteiger partial charge is 0.273 e. The van der Waals surface area contributed by atoms with E-state index in [0.29, 0.717) is 4.88 Å². The van der Waals surface area contributed by atoms with E-state index in [2.05, 4.69) is 10.9 Å². The minimum absolute atomic E-state index is 0.0407. The van der Waals surface area contributed by atoms with Gasteiger partial charge in [0.05, 0.1) is 4.88 Å². The Kier molecular flexibility index (Phi) is 3.52. The summed E-state index contributed by atoms with van der Waals surface area (Å²) in [5.41, 5.74) is 6.13. The predicted molar refractivity (Wildman–Crippen MR) is 77.2 cm³/mol. The molecule has 0 bridgehead atoms. The topological polar surface area (TPSA) is 58.2 Å². The molecular weight excluding hydrogens is 272 g/mol. The number of carbonyl (C=O) groups is 2. The number of hydrogen-bond acceptors (Lipinski definition) is 3. The molecule has 1 aliphatic rings. The largest absolute Gasteiger partial charge is 0.279 e. The van der Waals surface area contributed by atoms with Crippen molar-refractivity contribution in [1.29, 1.82) is 0 Å². The molecule has 5 heteroatoms. The van der Waals surface area contributed by atoms with E-state index < -0.39 is 0 Å². The van der Waals surface area contributed by atoms with E-state index in [-0.39, 0.29) is 23.7 Å². The number of nitrogens with one attached hydrogen (secondary N) is 2. The standard InChI is InChI=1S/C15H14N2O2S/c18-14(16-17-15(19)13-7-4-8-20-13)12-9-11(12)10-5-2-1-3-6-10/h1-8,11-12H,9H2,(H,16,18)(H,17,19)/t11-,12+/m1/s1. The Labute approximate surface area is 120 Å². The van der Waals surface area contributed by atoms with Crippen LogP contribution in [-0.2, 0) is 4.79 Å². The zero-order chi connectivity index (χ0) is 13.9. The van der Waals surface area contributed by atoms with Crippen molar-refractivity contribution >= 4 is 23.2 Å². The van der Waals surface area contributed by atoms with Crippen molar-refractivity contribution < 1.29 is 9.59 Å². The summed E-state index contributed by atoms with van der Waals surface area (Å²) in [5, 5.41) is 1.82. The third kappa shape index (κ3) is 2.72. The molecule has 4 nitrogen and oxygen atoms in total. The van der Waals surface area contributed by atoms with Gasteiger partial charge in [-0.1, -0.05) is 36.4 Å². The molecule has 1 aromatic carbocycles. The van der Waals surface area contributed by atoms with Gasteiger partial charge in [0.1, 0.15) is 0 Å². The van der Waals surface area contributed by atoms with E-state index in [0.717, 1.165) is 6.42 Å². The number of hydrogen-bond donors (Lipinski definition) is 2. The summed E-state index contributed by atoms with van der Waals surface area (Å²) in [4.78, 5) is 24.2. The van der Waals surface area contributed by atoms with Crippen molar-refractivity contribution in [3.8, 4) is 0 Å². The maximum Gasteiger partial charge on any atom is 0.279 e. The summed E-state index contributed by atoms with van der Waals surface area (Å²) in [6, 6.07) is 13.5. The third-order valence-electron chi connectivity index (χ3n) is 3.40. The lowest BCUT2D eigenvalue weighted by Crippen LogP contribution is -2.42. The fraction of sp³-hybridized carbons (Fsp3) is 0.200. The minimum atomic E-state index is -0.273. The Bertz CT molecular complexity index is 610. The summed E-state index contributed by atoms with van der Waals surface area (Å²) in [6.45, 7) is 0. The second-order valence-corrected chi connectivity index (χ2v) is 5.73. The minimum Gasteiger partial charge on any atom is -0.273 e. The Morgan fingerprint density at radius 2 is 1.85 bits per heavy atom. The average molecular weight is 286 g/mol. The summed E-state index contributed by atoms with van der Waals surface area (Å²) in [5.74, 6) is -0.162. The molecule has 102 valence electrons. The third-order valence-corrected chi connectivity index (χ3v) is 4.27. The van der Waals surface area contributed by atoms with Crippen LogP contribution in [0.25, 0.3) is 0 Å². The first kappa shape index (κ1) is 12.9. The van der Waals surface area contributed by atoms with Gasteiger partial charge in [-0.3, -0.25) is 20.4 Å². The average Bonchev–Trinajstić information content (AvgIpc) is 3.10. The van der Waals surface area contributed by atoms with Crippen LogP contribution in [0.4, 0.5) is 0 Å². The molecule has 0 spiro atoms. The number of rotatable bonds is 3. The molecule has 2 aromatic rings. The van der Waals surface area contributed by atoms with Crippen LogP contribution in [0, 0.1) is 5.92 Å². The number of carbonyl (C=O) groups excluding carboxylic acids is 2. The molecule has 1 aromatic heterocycles. The van der Waals surface area contributed by atoms with Gasteiger partial charge in [-0.25, -0.2) is 0 Å². The van der Waals surface area contributed by atoms with E-state index in [9.17, 15) is 9.59 Å². The Morgan fingerprint density at radius 1 is 1.05 bits per heavy atom. The van der Waals surface area contributed by atoms with Crippen LogP contribution in [-0.4, -0.2) is 11.8 Å². The lowest BCUT2D eigenvalue weighted by molar-refractivity contribution is -0.123. The fourth-order valence-electron chi connectivity index (χ4n) is 2.23. The molecule has 2 atom stereocenters. The van der Waals surface area contributed by atoms with Gasteiger partial charge < -0.3 is 0 Å². The first-order chi connectivity index (χ1) is 9.75. The maximum absolute atomic E-state index is 11.9. The molecule has 1 fully saturated rings. The number of hydrazine groups is 1. The second kappa shape index (κ2) is 5.46. The normalized spacial score (nSPS) is 20.2. The van der Waals surface area contributed by atoms with Crippen LogP contribution >= 0.6 is 11.3 Å². The quantitative estimate of drug-likeness (QED) is 0.851.